The molecule has 0 atom stereocenters. The van der Waals surface area contributed by atoms with E-state index in [4.69, 9.17) is 9.84 Å². The molecule has 108 valence electrons. The van der Waals surface area contributed by atoms with E-state index in [0.29, 0.717) is 24.6 Å². The van der Waals surface area contributed by atoms with Crippen molar-refractivity contribution < 1.29 is 9.84 Å². The minimum Gasteiger partial charge on any atom is -0.476 e. The van der Waals surface area contributed by atoms with Crippen LogP contribution in [0.15, 0.2) is 12.1 Å². The minimum absolute atomic E-state index is 0.0214. The number of aliphatic hydroxyl groups is 1. The fraction of sp³-hybridized carbons (Fsp3) is 0.667. The number of pyridine rings is 1. The Morgan fingerprint density at radius 3 is 2.32 bits per heavy atom. The number of aromatic nitrogens is 1. The van der Waals surface area contributed by atoms with Gasteiger partial charge in [0.25, 0.3) is 0 Å². The summed E-state index contributed by atoms with van der Waals surface area (Å²) in [4.78, 5) is 6.71. The average molecular weight is 266 g/mol. The molecule has 1 aromatic rings. The van der Waals surface area contributed by atoms with Gasteiger partial charge in [-0.2, -0.15) is 0 Å². The van der Waals surface area contributed by atoms with Gasteiger partial charge < -0.3 is 9.84 Å². The third kappa shape index (κ3) is 4.80. The van der Waals surface area contributed by atoms with Crippen LogP contribution in [-0.2, 0) is 6.61 Å². The standard InChI is InChI=1S/C15H26N2O2/c1-11(2)17(12(3)4)8-9-19-15-7-6-14(10-18)13(5)16-15/h6-7,11-12,18H,8-10H2,1-5H3. The molecule has 0 fully saturated rings. The normalized spacial score (nSPS) is 11.6. The van der Waals surface area contributed by atoms with Crippen molar-refractivity contribution in [1.82, 2.24) is 9.88 Å². The Labute approximate surface area is 116 Å². The molecular formula is C15H26N2O2. The second-order valence-electron chi connectivity index (χ2n) is 5.33. The van der Waals surface area contributed by atoms with Gasteiger partial charge in [-0.05, 0) is 46.2 Å². The van der Waals surface area contributed by atoms with Crippen molar-refractivity contribution in [2.75, 3.05) is 13.2 Å². The summed E-state index contributed by atoms with van der Waals surface area (Å²) in [7, 11) is 0. The zero-order valence-electron chi connectivity index (χ0n) is 12.7. The molecule has 0 saturated carbocycles. The summed E-state index contributed by atoms with van der Waals surface area (Å²) >= 11 is 0. The molecule has 4 heteroatoms. The van der Waals surface area contributed by atoms with Crippen molar-refractivity contribution in [2.24, 2.45) is 0 Å². The van der Waals surface area contributed by atoms with Crippen LogP contribution in [0.2, 0.25) is 0 Å². The molecular weight excluding hydrogens is 240 g/mol. The maximum absolute atomic E-state index is 9.09. The third-order valence-corrected chi connectivity index (χ3v) is 3.27. The summed E-state index contributed by atoms with van der Waals surface area (Å²) in [6.07, 6.45) is 0. The van der Waals surface area contributed by atoms with Crippen molar-refractivity contribution >= 4 is 0 Å². The smallest absolute Gasteiger partial charge is 0.213 e. The van der Waals surface area contributed by atoms with Crippen molar-refractivity contribution in [3.05, 3.63) is 23.4 Å². The van der Waals surface area contributed by atoms with Crippen LogP contribution in [0.4, 0.5) is 0 Å². The molecule has 0 aliphatic carbocycles. The van der Waals surface area contributed by atoms with Gasteiger partial charge in [0, 0.05) is 30.4 Å². The lowest BCUT2D eigenvalue weighted by Crippen LogP contribution is -2.39. The largest absolute Gasteiger partial charge is 0.476 e. The van der Waals surface area contributed by atoms with E-state index in [9.17, 15) is 0 Å². The lowest BCUT2D eigenvalue weighted by Gasteiger charge is -2.30. The van der Waals surface area contributed by atoms with E-state index in [1.165, 1.54) is 0 Å². The Bertz CT molecular complexity index is 384. The average Bonchev–Trinajstić information content (AvgIpc) is 2.33. The minimum atomic E-state index is 0.0214. The molecule has 1 aromatic heterocycles. The first-order chi connectivity index (χ1) is 8.95. The monoisotopic (exact) mass is 266 g/mol. The van der Waals surface area contributed by atoms with Crippen molar-refractivity contribution in [3.63, 3.8) is 0 Å². The highest BCUT2D eigenvalue weighted by Gasteiger charge is 2.13. The van der Waals surface area contributed by atoms with Crippen LogP contribution in [0.3, 0.4) is 0 Å². The number of aryl methyl sites for hydroxylation is 1. The Kier molecular flexibility index (Phi) is 6.25. The Morgan fingerprint density at radius 1 is 1.21 bits per heavy atom. The predicted octanol–water partition coefficient (Wildman–Crippen LogP) is 2.38. The number of hydrogen-bond donors (Lipinski definition) is 1. The molecule has 1 N–H and O–H groups in total. The number of aliphatic hydroxyl groups excluding tert-OH is 1. The molecule has 0 aromatic carbocycles. The highest BCUT2D eigenvalue weighted by atomic mass is 16.5. The van der Waals surface area contributed by atoms with E-state index in [2.05, 4.69) is 37.6 Å². The first kappa shape index (κ1) is 15.9. The van der Waals surface area contributed by atoms with E-state index in [1.807, 2.05) is 19.1 Å². The first-order valence-corrected chi connectivity index (χ1v) is 6.91. The van der Waals surface area contributed by atoms with Crippen LogP contribution in [0.25, 0.3) is 0 Å². The fourth-order valence-electron chi connectivity index (χ4n) is 2.18. The summed E-state index contributed by atoms with van der Waals surface area (Å²) in [5, 5.41) is 9.09. The molecule has 0 bridgehead atoms. The van der Waals surface area contributed by atoms with E-state index in [-0.39, 0.29) is 6.61 Å². The van der Waals surface area contributed by atoms with E-state index < -0.39 is 0 Å². The lowest BCUT2D eigenvalue weighted by molar-refractivity contribution is 0.140. The molecule has 0 radical (unpaired) electrons. The van der Waals surface area contributed by atoms with E-state index in [0.717, 1.165) is 17.8 Å². The molecule has 0 aliphatic heterocycles. The number of nitrogens with zero attached hydrogens (tertiary/aromatic N) is 2. The summed E-state index contributed by atoms with van der Waals surface area (Å²) in [5.74, 6) is 0.627. The Balaban J connectivity index is 2.51. The van der Waals surface area contributed by atoms with Crippen molar-refractivity contribution in [1.29, 1.82) is 0 Å². The summed E-state index contributed by atoms with van der Waals surface area (Å²) in [6.45, 7) is 12.2. The van der Waals surface area contributed by atoms with Gasteiger partial charge in [0.2, 0.25) is 5.88 Å². The maximum atomic E-state index is 9.09. The van der Waals surface area contributed by atoms with Crippen molar-refractivity contribution in [3.8, 4) is 5.88 Å². The first-order valence-electron chi connectivity index (χ1n) is 6.91. The molecule has 1 rings (SSSR count). The molecule has 4 nitrogen and oxygen atoms in total. The van der Waals surface area contributed by atoms with Crippen LogP contribution < -0.4 is 4.74 Å². The van der Waals surface area contributed by atoms with Gasteiger partial charge in [0.1, 0.15) is 6.61 Å². The maximum Gasteiger partial charge on any atom is 0.213 e. The zero-order valence-corrected chi connectivity index (χ0v) is 12.7. The van der Waals surface area contributed by atoms with Crippen LogP contribution >= 0.6 is 0 Å². The topological polar surface area (TPSA) is 45.6 Å². The Morgan fingerprint density at radius 2 is 1.84 bits per heavy atom. The van der Waals surface area contributed by atoms with Crippen LogP contribution in [0.1, 0.15) is 39.0 Å². The Hall–Kier alpha value is -1.13. The van der Waals surface area contributed by atoms with Gasteiger partial charge in [-0.1, -0.05) is 0 Å². The highest BCUT2D eigenvalue weighted by molar-refractivity contribution is 5.24. The second-order valence-corrected chi connectivity index (χ2v) is 5.33. The van der Waals surface area contributed by atoms with Crippen LogP contribution in [0, 0.1) is 6.92 Å². The zero-order chi connectivity index (χ0) is 14.4. The van der Waals surface area contributed by atoms with E-state index >= 15 is 0 Å². The SMILES string of the molecule is Cc1nc(OCCN(C(C)C)C(C)C)ccc1CO. The lowest BCUT2D eigenvalue weighted by atomic mass is 10.2. The molecule has 1 heterocycles. The molecule has 19 heavy (non-hydrogen) atoms. The molecule has 0 spiro atoms. The number of rotatable bonds is 7. The number of hydrogen-bond acceptors (Lipinski definition) is 4. The molecule has 0 amide bonds. The van der Waals surface area contributed by atoms with Crippen LogP contribution in [-0.4, -0.2) is 40.2 Å². The van der Waals surface area contributed by atoms with Gasteiger partial charge in [-0.25, -0.2) is 4.98 Å². The van der Waals surface area contributed by atoms with Crippen LogP contribution in [0.5, 0.6) is 5.88 Å². The predicted molar refractivity (Wildman–Crippen MR) is 77.4 cm³/mol. The summed E-state index contributed by atoms with van der Waals surface area (Å²) in [6, 6.07) is 4.69. The third-order valence-electron chi connectivity index (χ3n) is 3.27. The highest BCUT2D eigenvalue weighted by Crippen LogP contribution is 2.13. The van der Waals surface area contributed by atoms with Gasteiger partial charge in [-0.3, -0.25) is 4.90 Å². The van der Waals surface area contributed by atoms with Gasteiger partial charge >= 0.3 is 0 Å². The van der Waals surface area contributed by atoms with Gasteiger partial charge in [-0.15, -0.1) is 0 Å². The quantitative estimate of drug-likeness (QED) is 0.823. The second kappa shape index (κ2) is 7.46. The molecule has 0 saturated heterocycles. The fourth-order valence-corrected chi connectivity index (χ4v) is 2.18. The molecule has 0 unspecified atom stereocenters. The van der Waals surface area contributed by atoms with Gasteiger partial charge in [0.15, 0.2) is 0 Å². The van der Waals surface area contributed by atoms with Gasteiger partial charge in [0.05, 0.1) is 6.61 Å². The summed E-state index contributed by atoms with van der Waals surface area (Å²) < 4.78 is 5.68. The molecule has 0 aliphatic rings. The van der Waals surface area contributed by atoms with Crippen molar-refractivity contribution in [2.45, 2.75) is 53.3 Å². The summed E-state index contributed by atoms with van der Waals surface area (Å²) in [5.41, 5.74) is 1.67. The van der Waals surface area contributed by atoms with E-state index in [1.54, 1.807) is 0 Å². The number of ether oxygens (including phenoxy) is 1.